The number of nitrogens with one attached hydrogen (secondary N) is 1. The summed E-state index contributed by atoms with van der Waals surface area (Å²) < 4.78 is 32.0. The van der Waals surface area contributed by atoms with Gasteiger partial charge in [0, 0.05) is 44.0 Å². The standard InChI is InChI=1S/C22H20F2N2O3S/c23-16-4-1-15(18(24)12-16)11-20(27)26-17-5-2-14(3-6-17)19-13-25-21(30-19)22(28)7-9-29-10-8-22/h1-6,12-13,28H,7-11H2,(H,26,27). The summed E-state index contributed by atoms with van der Waals surface area (Å²) in [6.07, 6.45) is 2.60. The summed E-state index contributed by atoms with van der Waals surface area (Å²) in [6.45, 7) is 1.03. The molecule has 2 heterocycles. The van der Waals surface area contributed by atoms with E-state index in [0.29, 0.717) is 36.8 Å². The average Bonchev–Trinajstić information content (AvgIpc) is 3.22. The van der Waals surface area contributed by atoms with Crippen molar-refractivity contribution in [1.29, 1.82) is 0 Å². The minimum atomic E-state index is -0.940. The zero-order valence-corrected chi connectivity index (χ0v) is 16.8. The van der Waals surface area contributed by atoms with Crippen LogP contribution in [0.15, 0.2) is 48.7 Å². The number of halogens is 2. The van der Waals surface area contributed by atoms with Crippen molar-refractivity contribution in [2.24, 2.45) is 0 Å². The lowest BCUT2D eigenvalue weighted by atomic mass is 9.95. The Hall–Kier alpha value is -2.68. The maximum atomic E-state index is 13.7. The molecule has 156 valence electrons. The lowest BCUT2D eigenvalue weighted by Crippen LogP contribution is -2.33. The number of carbonyl (C=O) groups is 1. The number of carbonyl (C=O) groups excluding carboxylic acids is 1. The highest BCUT2D eigenvalue weighted by Gasteiger charge is 2.34. The van der Waals surface area contributed by atoms with Crippen molar-refractivity contribution in [2.45, 2.75) is 24.9 Å². The Kier molecular flexibility index (Phi) is 5.90. The monoisotopic (exact) mass is 430 g/mol. The fraction of sp³-hybridized carbons (Fsp3) is 0.273. The summed E-state index contributed by atoms with van der Waals surface area (Å²) >= 11 is 1.44. The number of anilines is 1. The van der Waals surface area contributed by atoms with Gasteiger partial charge in [0.05, 0.1) is 11.3 Å². The number of thiazole rings is 1. The Morgan fingerprint density at radius 3 is 2.60 bits per heavy atom. The maximum absolute atomic E-state index is 13.7. The number of hydrogen-bond acceptors (Lipinski definition) is 5. The highest BCUT2D eigenvalue weighted by Crippen LogP contribution is 2.37. The number of rotatable bonds is 5. The van der Waals surface area contributed by atoms with E-state index < -0.39 is 23.1 Å². The number of aliphatic hydroxyl groups is 1. The minimum absolute atomic E-state index is 0.133. The fourth-order valence-electron chi connectivity index (χ4n) is 3.31. The van der Waals surface area contributed by atoms with Crippen molar-refractivity contribution in [3.05, 3.63) is 70.9 Å². The normalized spacial score (nSPS) is 15.7. The second-order valence-corrected chi connectivity index (χ2v) is 8.24. The van der Waals surface area contributed by atoms with Crippen molar-refractivity contribution in [3.8, 4) is 10.4 Å². The van der Waals surface area contributed by atoms with E-state index in [0.717, 1.165) is 22.6 Å². The van der Waals surface area contributed by atoms with E-state index in [1.54, 1.807) is 18.3 Å². The second-order valence-electron chi connectivity index (χ2n) is 7.21. The van der Waals surface area contributed by atoms with Crippen LogP contribution in [-0.4, -0.2) is 29.2 Å². The number of aromatic nitrogens is 1. The van der Waals surface area contributed by atoms with Gasteiger partial charge >= 0.3 is 0 Å². The van der Waals surface area contributed by atoms with E-state index in [-0.39, 0.29) is 12.0 Å². The van der Waals surface area contributed by atoms with Gasteiger partial charge in [-0.2, -0.15) is 0 Å². The Morgan fingerprint density at radius 1 is 1.17 bits per heavy atom. The van der Waals surface area contributed by atoms with E-state index in [9.17, 15) is 18.7 Å². The average molecular weight is 430 g/mol. The molecule has 4 rings (SSSR count). The summed E-state index contributed by atoms with van der Waals surface area (Å²) in [5.41, 5.74) is 0.676. The summed E-state index contributed by atoms with van der Waals surface area (Å²) in [4.78, 5) is 17.5. The number of ether oxygens (including phenoxy) is 1. The molecule has 1 aliphatic heterocycles. The molecule has 0 spiro atoms. The van der Waals surface area contributed by atoms with Crippen LogP contribution in [0.3, 0.4) is 0 Å². The molecule has 0 saturated carbocycles. The minimum Gasteiger partial charge on any atom is -0.382 e. The van der Waals surface area contributed by atoms with Crippen LogP contribution in [0.4, 0.5) is 14.5 Å². The van der Waals surface area contributed by atoms with Gasteiger partial charge in [-0.25, -0.2) is 13.8 Å². The molecule has 0 radical (unpaired) electrons. The van der Waals surface area contributed by atoms with Gasteiger partial charge in [-0.15, -0.1) is 11.3 Å². The molecule has 1 amide bonds. The zero-order chi connectivity index (χ0) is 21.1. The summed E-state index contributed by atoms with van der Waals surface area (Å²) in [5, 5.41) is 14.2. The molecule has 0 aliphatic carbocycles. The van der Waals surface area contributed by atoms with Crippen LogP contribution in [0.2, 0.25) is 0 Å². The van der Waals surface area contributed by atoms with Crippen molar-refractivity contribution in [3.63, 3.8) is 0 Å². The van der Waals surface area contributed by atoms with Gasteiger partial charge in [0.2, 0.25) is 5.91 Å². The van der Waals surface area contributed by atoms with Crippen LogP contribution in [0, 0.1) is 11.6 Å². The summed E-state index contributed by atoms with van der Waals surface area (Å²) in [6, 6.07) is 10.3. The van der Waals surface area contributed by atoms with Crippen LogP contribution in [0.25, 0.3) is 10.4 Å². The van der Waals surface area contributed by atoms with Crippen LogP contribution < -0.4 is 5.32 Å². The van der Waals surface area contributed by atoms with Crippen molar-refractivity contribution in [1.82, 2.24) is 4.98 Å². The van der Waals surface area contributed by atoms with Crippen molar-refractivity contribution >= 4 is 22.9 Å². The Balaban J connectivity index is 1.41. The molecule has 1 aliphatic rings. The predicted molar refractivity (Wildman–Crippen MR) is 110 cm³/mol. The molecule has 1 aromatic heterocycles. The largest absolute Gasteiger partial charge is 0.382 e. The van der Waals surface area contributed by atoms with E-state index in [4.69, 9.17) is 4.74 Å². The first-order chi connectivity index (χ1) is 14.4. The van der Waals surface area contributed by atoms with E-state index in [1.807, 2.05) is 12.1 Å². The van der Waals surface area contributed by atoms with Crippen LogP contribution in [0.5, 0.6) is 0 Å². The molecule has 0 unspecified atom stereocenters. The number of nitrogens with zero attached hydrogens (tertiary/aromatic N) is 1. The lowest BCUT2D eigenvalue weighted by molar-refractivity contribution is -0.115. The third-order valence-electron chi connectivity index (χ3n) is 5.04. The predicted octanol–water partition coefficient (Wildman–Crippen LogP) is 4.27. The van der Waals surface area contributed by atoms with Gasteiger partial charge in [-0.3, -0.25) is 4.79 Å². The zero-order valence-electron chi connectivity index (χ0n) is 16.0. The second kappa shape index (κ2) is 8.59. The third-order valence-corrected chi connectivity index (χ3v) is 6.28. The first-order valence-electron chi connectivity index (χ1n) is 9.54. The van der Waals surface area contributed by atoms with Crippen LogP contribution in [-0.2, 0) is 21.6 Å². The molecular weight excluding hydrogens is 410 g/mol. The molecule has 5 nitrogen and oxygen atoms in total. The third kappa shape index (κ3) is 4.56. The van der Waals surface area contributed by atoms with Gasteiger partial charge in [-0.05, 0) is 29.3 Å². The topological polar surface area (TPSA) is 71.5 Å². The highest BCUT2D eigenvalue weighted by molar-refractivity contribution is 7.15. The van der Waals surface area contributed by atoms with Gasteiger partial charge < -0.3 is 15.2 Å². The van der Waals surface area contributed by atoms with Gasteiger partial charge in [0.15, 0.2) is 0 Å². The number of benzene rings is 2. The molecule has 0 atom stereocenters. The van der Waals surface area contributed by atoms with Gasteiger partial charge in [-0.1, -0.05) is 18.2 Å². The van der Waals surface area contributed by atoms with Gasteiger partial charge in [0.1, 0.15) is 22.2 Å². The van der Waals surface area contributed by atoms with Crippen LogP contribution >= 0.6 is 11.3 Å². The molecule has 0 bridgehead atoms. The molecular formula is C22H20F2N2O3S. The molecule has 2 aromatic carbocycles. The fourth-order valence-corrected chi connectivity index (χ4v) is 4.37. The first kappa shape index (κ1) is 20.6. The molecule has 1 saturated heterocycles. The van der Waals surface area contributed by atoms with Crippen molar-refractivity contribution in [2.75, 3.05) is 18.5 Å². The molecule has 30 heavy (non-hydrogen) atoms. The van der Waals surface area contributed by atoms with E-state index in [1.165, 1.54) is 17.4 Å². The molecule has 2 N–H and O–H groups in total. The SMILES string of the molecule is O=C(Cc1ccc(F)cc1F)Nc1ccc(-c2cnc(C3(O)CCOCC3)s2)cc1. The van der Waals surface area contributed by atoms with Gasteiger partial charge in [0.25, 0.3) is 0 Å². The Morgan fingerprint density at radius 2 is 1.90 bits per heavy atom. The summed E-state index contributed by atoms with van der Waals surface area (Å²) in [5.74, 6) is -1.81. The first-order valence-corrected chi connectivity index (χ1v) is 10.4. The maximum Gasteiger partial charge on any atom is 0.228 e. The molecule has 3 aromatic rings. The number of amides is 1. The smallest absolute Gasteiger partial charge is 0.228 e. The summed E-state index contributed by atoms with van der Waals surface area (Å²) in [7, 11) is 0. The van der Waals surface area contributed by atoms with Crippen LogP contribution in [0.1, 0.15) is 23.4 Å². The quantitative estimate of drug-likeness (QED) is 0.634. The Bertz CT molecular complexity index is 1050. The molecule has 1 fully saturated rings. The molecule has 8 heteroatoms. The lowest BCUT2D eigenvalue weighted by Gasteiger charge is -2.29. The number of hydrogen-bond donors (Lipinski definition) is 2. The van der Waals surface area contributed by atoms with Crippen molar-refractivity contribution < 1.29 is 23.4 Å². The highest BCUT2D eigenvalue weighted by atomic mass is 32.1. The Labute approximate surface area is 176 Å². The van der Waals surface area contributed by atoms with E-state index >= 15 is 0 Å². The van der Waals surface area contributed by atoms with E-state index in [2.05, 4.69) is 10.3 Å².